The Bertz CT molecular complexity index is 1140. The number of nitro benzene ring substituents is 1. The molecule has 1 spiro atoms. The summed E-state index contributed by atoms with van der Waals surface area (Å²) in [5, 5.41) is 14.7. The van der Waals surface area contributed by atoms with E-state index in [1.54, 1.807) is 36.0 Å². The van der Waals surface area contributed by atoms with Crippen LogP contribution in [0.1, 0.15) is 56.3 Å². The van der Waals surface area contributed by atoms with Gasteiger partial charge in [-0.3, -0.25) is 19.7 Å². The van der Waals surface area contributed by atoms with E-state index < -0.39 is 43.8 Å². The number of halogens is 2. The average Bonchev–Trinajstić information content (AvgIpc) is 3.01. The minimum Gasteiger partial charge on any atom is -0.324 e. The number of carbonyl (C=O) groups is 2. The number of hydrogen-bond acceptors (Lipinski definition) is 5. The molecule has 34 heavy (non-hydrogen) atoms. The smallest absolute Gasteiger partial charge is 0.270 e. The van der Waals surface area contributed by atoms with Gasteiger partial charge in [-0.25, -0.2) is 4.39 Å². The van der Waals surface area contributed by atoms with Crippen LogP contribution in [0.4, 0.5) is 15.8 Å². The van der Waals surface area contributed by atoms with E-state index in [0.29, 0.717) is 23.6 Å². The van der Waals surface area contributed by atoms with Crippen molar-refractivity contribution in [2.75, 3.05) is 5.32 Å². The van der Waals surface area contributed by atoms with Gasteiger partial charge >= 0.3 is 0 Å². The minimum absolute atomic E-state index is 0.379. The van der Waals surface area contributed by atoms with Crippen molar-refractivity contribution in [3.63, 3.8) is 0 Å². The number of rotatable bonds is 4. The second-order valence-corrected chi connectivity index (χ2v) is 11.7. The molecule has 2 fully saturated rings. The monoisotopic (exact) mass is 505 g/mol. The number of nitrogens with zero attached hydrogens (tertiary/aromatic N) is 2. The molecular weight excluding hydrogens is 481 g/mol. The quantitative estimate of drug-likeness (QED) is 0.405. The van der Waals surface area contributed by atoms with Crippen molar-refractivity contribution in [2.24, 2.45) is 0 Å². The van der Waals surface area contributed by atoms with Crippen molar-refractivity contribution in [3.05, 3.63) is 69.0 Å². The molecule has 1 atom stereocenters. The number of benzene rings is 2. The normalized spacial score (nSPS) is 20.8. The molecule has 1 unspecified atom stereocenters. The fourth-order valence-corrected chi connectivity index (χ4v) is 7.20. The van der Waals surface area contributed by atoms with Crippen LogP contribution in [0.15, 0.2) is 42.5 Å². The summed E-state index contributed by atoms with van der Waals surface area (Å²) in [5.41, 5.74) is -0.258. The number of nitro groups is 1. The summed E-state index contributed by atoms with van der Waals surface area (Å²) in [6.45, 7) is 3.80. The van der Waals surface area contributed by atoms with Gasteiger partial charge in [0, 0.05) is 27.6 Å². The third-order valence-electron chi connectivity index (χ3n) is 6.41. The maximum atomic E-state index is 14.8. The second kappa shape index (κ2) is 9.19. The van der Waals surface area contributed by atoms with Gasteiger partial charge in [-0.15, -0.1) is 11.8 Å². The van der Waals surface area contributed by atoms with E-state index in [1.807, 2.05) is 13.8 Å². The molecule has 1 N–H and O–H groups in total. The van der Waals surface area contributed by atoms with E-state index in [-0.39, 0.29) is 5.69 Å². The summed E-state index contributed by atoms with van der Waals surface area (Å²) in [5.74, 6) is -1.97. The zero-order chi connectivity index (χ0) is 24.7. The highest BCUT2D eigenvalue weighted by Crippen LogP contribution is 2.57. The number of nitrogens with one attached hydrogen (secondary N) is 1. The first kappa shape index (κ1) is 24.5. The highest BCUT2D eigenvalue weighted by molar-refractivity contribution is 8.02. The Kier molecular flexibility index (Phi) is 6.61. The van der Waals surface area contributed by atoms with E-state index in [9.17, 15) is 24.1 Å². The van der Waals surface area contributed by atoms with Crippen molar-refractivity contribution >= 4 is 46.6 Å². The molecule has 0 aromatic heterocycles. The maximum absolute atomic E-state index is 14.8. The average molecular weight is 506 g/mol. The molecule has 0 bridgehead atoms. The van der Waals surface area contributed by atoms with Gasteiger partial charge in [-0.05, 0) is 57.0 Å². The number of non-ortho nitro benzene ring substituents is 1. The SMILES string of the molecule is CC1(C)SC2(CCCCC2)N(C(=O)c2cc([N+](=O)[O-])ccc2F)C1C(=O)Nc1ccc(Cl)cc1. The van der Waals surface area contributed by atoms with Gasteiger partial charge in [-0.2, -0.15) is 0 Å². The molecule has 7 nitrogen and oxygen atoms in total. The molecule has 1 saturated heterocycles. The standard InChI is InChI=1S/C24H25ClFN3O4S/c1-23(2)20(21(30)27-16-8-6-15(25)7-9-16)28(24(34-23)12-4-3-5-13-24)22(31)18-14-17(29(32)33)10-11-19(18)26/h6-11,14,20H,3-5,12-13H2,1-2H3,(H,27,30). The molecule has 1 heterocycles. The summed E-state index contributed by atoms with van der Waals surface area (Å²) < 4.78 is 14.1. The molecule has 4 rings (SSSR count). The van der Waals surface area contributed by atoms with Gasteiger partial charge in [0.2, 0.25) is 5.91 Å². The van der Waals surface area contributed by atoms with Gasteiger partial charge in [-0.1, -0.05) is 30.9 Å². The first-order valence-corrected chi connectivity index (χ1v) is 12.3. The van der Waals surface area contributed by atoms with E-state index in [0.717, 1.165) is 37.5 Å². The van der Waals surface area contributed by atoms with Crippen LogP contribution >= 0.6 is 23.4 Å². The second-order valence-electron chi connectivity index (χ2n) is 9.21. The maximum Gasteiger partial charge on any atom is 0.270 e. The molecule has 0 radical (unpaired) electrons. The van der Waals surface area contributed by atoms with Crippen LogP contribution < -0.4 is 5.32 Å². The Labute approximate surface area is 206 Å². The summed E-state index contributed by atoms with van der Waals surface area (Å²) in [4.78, 5) is 38.9. The van der Waals surface area contributed by atoms with Crippen molar-refractivity contribution in [2.45, 2.75) is 61.6 Å². The Balaban J connectivity index is 1.78. The van der Waals surface area contributed by atoms with E-state index in [2.05, 4.69) is 5.32 Å². The zero-order valence-electron chi connectivity index (χ0n) is 18.8. The van der Waals surface area contributed by atoms with Crippen molar-refractivity contribution in [1.82, 2.24) is 4.90 Å². The molecule has 2 aliphatic rings. The first-order chi connectivity index (χ1) is 16.0. The molecular formula is C24H25ClFN3O4S. The lowest BCUT2D eigenvalue weighted by molar-refractivity contribution is -0.384. The van der Waals surface area contributed by atoms with Gasteiger partial charge in [0.1, 0.15) is 11.9 Å². The molecule has 10 heteroatoms. The van der Waals surface area contributed by atoms with Gasteiger partial charge < -0.3 is 10.2 Å². The van der Waals surface area contributed by atoms with Crippen LogP contribution in [0.25, 0.3) is 0 Å². The number of amides is 2. The van der Waals surface area contributed by atoms with Crippen LogP contribution in [-0.2, 0) is 4.79 Å². The third kappa shape index (κ3) is 4.51. The summed E-state index contributed by atoms with van der Waals surface area (Å²) in [6.07, 6.45) is 4.07. The van der Waals surface area contributed by atoms with Crippen LogP contribution in [0.3, 0.4) is 0 Å². The number of anilines is 1. The largest absolute Gasteiger partial charge is 0.324 e. The minimum atomic E-state index is -0.919. The highest BCUT2D eigenvalue weighted by Gasteiger charge is 2.61. The first-order valence-electron chi connectivity index (χ1n) is 11.1. The van der Waals surface area contributed by atoms with Crippen LogP contribution in [0, 0.1) is 15.9 Å². The molecule has 1 aliphatic carbocycles. The molecule has 2 amide bonds. The van der Waals surface area contributed by atoms with Gasteiger partial charge in [0.25, 0.3) is 11.6 Å². The molecule has 2 aromatic carbocycles. The molecule has 180 valence electrons. The Morgan fingerprint density at radius 1 is 1.15 bits per heavy atom. The molecule has 1 aliphatic heterocycles. The van der Waals surface area contributed by atoms with E-state index >= 15 is 0 Å². The van der Waals surface area contributed by atoms with Gasteiger partial charge in [0.05, 0.1) is 15.4 Å². The predicted octanol–water partition coefficient (Wildman–Crippen LogP) is 6.02. The van der Waals surface area contributed by atoms with Crippen molar-refractivity contribution < 1.29 is 18.9 Å². The Morgan fingerprint density at radius 3 is 2.41 bits per heavy atom. The Hall–Kier alpha value is -2.65. The third-order valence-corrected chi connectivity index (χ3v) is 8.40. The van der Waals surface area contributed by atoms with Gasteiger partial charge in [0.15, 0.2) is 0 Å². The topological polar surface area (TPSA) is 92.6 Å². The summed E-state index contributed by atoms with van der Waals surface area (Å²) >= 11 is 7.50. The number of hydrogen-bond donors (Lipinski definition) is 1. The summed E-state index contributed by atoms with van der Waals surface area (Å²) in [7, 11) is 0. The lowest BCUT2D eigenvalue weighted by atomic mass is 9.89. The highest BCUT2D eigenvalue weighted by atomic mass is 35.5. The van der Waals surface area contributed by atoms with Crippen molar-refractivity contribution in [1.29, 1.82) is 0 Å². The molecule has 1 saturated carbocycles. The number of carbonyl (C=O) groups excluding carboxylic acids is 2. The fraction of sp³-hybridized carbons (Fsp3) is 0.417. The Morgan fingerprint density at radius 2 is 1.79 bits per heavy atom. The zero-order valence-corrected chi connectivity index (χ0v) is 20.4. The van der Waals surface area contributed by atoms with Crippen LogP contribution in [0.5, 0.6) is 0 Å². The van der Waals surface area contributed by atoms with Crippen LogP contribution in [0.2, 0.25) is 5.02 Å². The van der Waals surface area contributed by atoms with Crippen LogP contribution in [-0.4, -0.2) is 37.3 Å². The lowest BCUT2D eigenvalue weighted by Crippen LogP contribution is -2.57. The van der Waals surface area contributed by atoms with E-state index in [4.69, 9.17) is 11.6 Å². The lowest BCUT2D eigenvalue weighted by Gasteiger charge is -2.42. The molecule has 2 aromatic rings. The number of thioether (sulfide) groups is 1. The predicted molar refractivity (Wildman–Crippen MR) is 131 cm³/mol. The van der Waals surface area contributed by atoms with Crippen molar-refractivity contribution in [3.8, 4) is 0 Å². The summed E-state index contributed by atoms with van der Waals surface area (Å²) in [6, 6.07) is 8.61. The van der Waals surface area contributed by atoms with E-state index in [1.165, 1.54) is 4.90 Å². The fourth-order valence-electron chi connectivity index (χ4n) is 4.99.